The zero-order chi connectivity index (χ0) is 14.7. The van der Waals surface area contributed by atoms with Gasteiger partial charge in [0.1, 0.15) is 0 Å². The van der Waals surface area contributed by atoms with Gasteiger partial charge in [0.05, 0.1) is 5.75 Å². The molecule has 0 aliphatic carbocycles. The highest BCUT2D eigenvalue weighted by Gasteiger charge is 2.13. The lowest BCUT2D eigenvalue weighted by atomic mass is 10.0. The molecular formula is C17H15NOS2. The minimum atomic E-state index is -0.262. The first-order chi connectivity index (χ1) is 10.3. The van der Waals surface area contributed by atoms with Crippen LogP contribution in [0.15, 0.2) is 54.6 Å². The number of amides is 1. The van der Waals surface area contributed by atoms with E-state index in [0.29, 0.717) is 5.75 Å². The summed E-state index contributed by atoms with van der Waals surface area (Å²) >= 11 is 3.37. The van der Waals surface area contributed by atoms with Crippen LogP contribution in [0.2, 0.25) is 0 Å². The van der Waals surface area contributed by atoms with E-state index < -0.39 is 0 Å². The zero-order valence-electron chi connectivity index (χ0n) is 11.4. The van der Waals surface area contributed by atoms with Gasteiger partial charge in [-0.1, -0.05) is 48.5 Å². The Kier molecular flexibility index (Phi) is 4.27. The molecule has 21 heavy (non-hydrogen) atoms. The highest BCUT2D eigenvalue weighted by atomic mass is 32.2. The highest BCUT2D eigenvalue weighted by molar-refractivity contribution is 7.99. The first kappa shape index (κ1) is 14.2. The van der Waals surface area contributed by atoms with Crippen molar-refractivity contribution in [1.82, 2.24) is 0 Å². The van der Waals surface area contributed by atoms with Gasteiger partial charge in [0.25, 0.3) is 0 Å². The van der Waals surface area contributed by atoms with Gasteiger partial charge in [0, 0.05) is 26.3 Å². The summed E-state index contributed by atoms with van der Waals surface area (Å²) in [7, 11) is 0. The Morgan fingerprint density at radius 2 is 1.76 bits per heavy atom. The largest absolute Gasteiger partial charge is 0.369 e. The zero-order valence-corrected chi connectivity index (χ0v) is 13.0. The maximum absolute atomic E-state index is 10.9. The Bertz CT molecular complexity index is 765. The van der Waals surface area contributed by atoms with Crippen molar-refractivity contribution in [3.05, 3.63) is 59.5 Å². The van der Waals surface area contributed by atoms with Gasteiger partial charge in [-0.15, -0.1) is 23.1 Å². The number of thiophene rings is 1. The van der Waals surface area contributed by atoms with E-state index in [-0.39, 0.29) is 5.91 Å². The summed E-state index contributed by atoms with van der Waals surface area (Å²) in [6.45, 7) is 0. The van der Waals surface area contributed by atoms with E-state index in [2.05, 4.69) is 48.5 Å². The molecule has 0 aliphatic rings. The van der Waals surface area contributed by atoms with E-state index in [9.17, 15) is 4.79 Å². The molecule has 0 bridgehead atoms. The van der Waals surface area contributed by atoms with Crippen LogP contribution in [0, 0.1) is 0 Å². The van der Waals surface area contributed by atoms with Gasteiger partial charge in [-0.2, -0.15) is 0 Å². The Morgan fingerprint density at radius 3 is 2.52 bits per heavy atom. The Morgan fingerprint density at radius 1 is 1.05 bits per heavy atom. The van der Waals surface area contributed by atoms with Crippen LogP contribution in [0.1, 0.15) is 4.88 Å². The third-order valence-corrected chi connectivity index (χ3v) is 5.54. The van der Waals surface area contributed by atoms with E-state index in [1.807, 2.05) is 6.07 Å². The topological polar surface area (TPSA) is 43.1 Å². The third-order valence-electron chi connectivity index (χ3n) is 3.21. The number of primary amides is 1. The smallest absolute Gasteiger partial charge is 0.227 e. The fourth-order valence-electron chi connectivity index (χ4n) is 2.36. The van der Waals surface area contributed by atoms with E-state index in [1.54, 1.807) is 23.1 Å². The van der Waals surface area contributed by atoms with Crippen molar-refractivity contribution in [2.45, 2.75) is 5.75 Å². The molecule has 0 radical (unpaired) electrons. The van der Waals surface area contributed by atoms with Crippen LogP contribution in [0.3, 0.4) is 0 Å². The summed E-state index contributed by atoms with van der Waals surface area (Å²) in [5.41, 5.74) is 7.74. The van der Waals surface area contributed by atoms with E-state index in [0.717, 1.165) is 5.75 Å². The quantitative estimate of drug-likeness (QED) is 0.763. The normalized spacial score (nSPS) is 10.9. The van der Waals surface area contributed by atoms with Crippen molar-refractivity contribution in [1.29, 1.82) is 0 Å². The highest BCUT2D eigenvalue weighted by Crippen LogP contribution is 2.40. The van der Waals surface area contributed by atoms with Gasteiger partial charge < -0.3 is 5.73 Å². The number of rotatable bonds is 5. The maximum atomic E-state index is 10.9. The van der Waals surface area contributed by atoms with E-state index in [4.69, 9.17) is 5.73 Å². The minimum absolute atomic E-state index is 0.262. The van der Waals surface area contributed by atoms with Crippen LogP contribution < -0.4 is 5.73 Å². The molecule has 1 aromatic heterocycles. The average Bonchev–Trinajstić information content (AvgIpc) is 2.86. The minimum Gasteiger partial charge on any atom is -0.369 e. The van der Waals surface area contributed by atoms with Gasteiger partial charge in [-0.3, -0.25) is 4.79 Å². The first-order valence-corrected chi connectivity index (χ1v) is 8.64. The number of carbonyl (C=O) groups excluding carboxylic acids is 1. The standard InChI is InChI=1S/C17H15NOS2/c18-16(19)11-20-10-15-17(12-6-2-1-3-7-12)13-8-4-5-9-14(13)21-15/h1-9H,10-11H2,(H2,18,19). The molecular weight excluding hydrogens is 298 g/mol. The van der Waals surface area contributed by atoms with Crippen LogP contribution >= 0.6 is 23.1 Å². The molecule has 0 saturated carbocycles. The van der Waals surface area contributed by atoms with Crippen LogP contribution in [-0.4, -0.2) is 11.7 Å². The molecule has 0 atom stereocenters. The molecule has 4 heteroatoms. The number of fused-ring (bicyclic) bond motifs is 1. The molecule has 2 N–H and O–H groups in total. The lowest BCUT2D eigenvalue weighted by molar-refractivity contribution is -0.115. The molecule has 0 aliphatic heterocycles. The van der Waals surface area contributed by atoms with Crippen molar-refractivity contribution >= 4 is 39.1 Å². The van der Waals surface area contributed by atoms with Crippen molar-refractivity contribution in [2.24, 2.45) is 5.73 Å². The van der Waals surface area contributed by atoms with Crippen molar-refractivity contribution in [3.8, 4) is 11.1 Å². The second-order valence-electron chi connectivity index (χ2n) is 4.72. The average molecular weight is 313 g/mol. The number of benzene rings is 2. The number of hydrogen-bond acceptors (Lipinski definition) is 3. The van der Waals surface area contributed by atoms with Crippen molar-refractivity contribution in [2.75, 3.05) is 5.75 Å². The summed E-state index contributed by atoms with van der Waals surface area (Å²) in [5, 5.41) is 1.28. The van der Waals surface area contributed by atoms with Crippen molar-refractivity contribution < 1.29 is 4.79 Å². The SMILES string of the molecule is NC(=O)CSCc1sc2ccccc2c1-c1ccccc1. The number of nitrogens with two attached hydrogens (primary N) is 1. The molecule has 1 heterocycles. The lowest BCUT2D eigenvalue weighted by Crippen LogP contribution is -2.13. The molecule has 1 amide bonds. The predicted octanol–water partition coefficient (Wildman–Crippen LogP) is 4.29. The van der Waals surface area contributed by atoms with E-state index >= 15 is 0 Å². The molecule has 2 nitrogen and oxygen atoms in total. The van der Waals surface area contributed by atoms with Crippen LogP contribution in [-0.2, 0) is 10.5 Å². The monoisotopic (exact) mass is 313 g/mol. The first-order valence-electron chi connectivity index (χ1n) is 6.67. The molecule has 0 spiro atoms. The Labute approximate surface area is 132 Å². The van der Waals surface area contributed by atoms with Gasteiger partial charge >= 0.3 is 0 Å². The summed E-state index contributed by atoms with van der Waals surface area (Å²) in [4.78, 5) is 12.2. The second kappa shape index (κ2) is 6.33. The van der Waals surface area contributed by atoms with Gasteiger partial charge in [0.15, 0.2) is 0 Å². The van der Waals surface area contributed by atoms with E-state index in [1.165, 1.54) is 26.1 Å². The van der Waals surface area contributed by atoms with Crippen LogP contribution in [0.5, 0.6) is 0 Å². The molecule has 2 aromatic carbocycles. The fourth-order valence-corrected chi connectivity index (χ4v) is 4.50. The van der Waals surface area contributed by atoms with Gasteiger partial charge in [0.2, 0.25) is 5.91 Å². The molecule has 0 fully saturated rings. The Hall–Kier alpha value is -1.78. The van der Waals surface area contributed by atoms with Crippen LogP contribution in [0.4, 0.5) is 0 Å². The summed E-state index contributed by atoms with van der Waals surface area (Å²) in [5.74, 6) is 0.914. The molecule has 0 saturated heterocycles. The summed E-state index contributed by atoms with van der Waals surface area (Å²) in [6.07, 6.45) is 0. The molecule has 3 aromatic rings. The van der Waals surface area contributed by atoms with Crippen molar-refractivity contribution in [3.63, 3.8) is 0 Å². The number of carbonyl (C=O) groups is 1. The number of thioether (sulfide) groups is 1. The third kappa shape index (κ3) is 3.12. The fraction of sp³-hybridized carbons (Fsp3) is 0.118. The molecule has 3 rings (SSSR count). The predicted molar refractivity (Wildman–Crippen MR) is 92.6 cm³/mol. The van der Waals surface area contributed by atoms with Gasteiger partial charge in [-0.25, -0.2) is 0 Å². The second-order valence-corrected chi connectivity index (χ2v) is 6.84. The maximum Gasteiger partial charge on any atom is 0.227 e. The summed E-state index contributed by atoms with van der Waals surface area (Å²) < 4.78 is 1.28. The Balaban J connectivity index is 2.04. The lowest BCUT2D eigenvalue weighted by Gasteiger charge is -2.04. The molecule has 0 unspecified atom stereocenters. The summed E-state index contributed by atoms with van der Waals surface area (Å²) in [6, 6.07) is 18.9. The number of hydrogen-bond donors (Lipinski definition) is 1. The molecule has 106 valence electrons. The van der Waals surface area contributed by atoms with Gasteiger partial charge in [-0.05, 0) is 11.6 Å². The van der Waals surface area contributed by atoms with Crippen LogP contribution in [0.25, 0.3) is 21.2 Å².